The molecule has 10 N–H and O–H groups in total. The van der Waals surface area contributed by atoms with E-state index in [9.17, 15) is 33.9 Å². The summed E-state index contributed by atoms with van der Waals surface area (Å²) < 4.78 is 0. The highest BCUT2D eigenvalue weighted by atomic mass is 16.4. The molecule has 1 heterocycles. The van der Waals surface area contributed by atoms with E-state index in [1.165, 1.54) is 0 Å². The molecule has 41 heavy (non-hydrogen) atoms. The number of hydrogen-bond donors (Lipinski definition) is 8. The average molecular weight is 575 g/mol. The molecule has 0 aromatic heterocycles. The van der Waals surface area contributed by atoms with Crippen molar-refractivity contribution in [1.82, 2.24) is 26.6 Å². The number of benzene rings is 1. The Kier molecular flexibility index (Phi) is 12.5. The van der Waals surface area contributed by atoms with Crippen LogP contribution in [0.4, 0.5) is 0 Å². The number of carboxylic acids is 1. The van der Waals surface area contributed by atoms with E-state index in [-0.39, 0.29) is 31.8 Å². The van der Waals surface area contributed by atoms with Gasteiger partial charge in [0.05, 0.1) is 13.0 Å². The van der Waals surface area contributed by atoms with Crippen LogP contribution >= 0.6 is 0 Å². The smallest absolute Gasteiger partial charge is 0.305 e. The van der Waals surface area contributed by atoms with Crippen LogP contribution in [0.2, 0.25) is 0 Å². The molecule has 2 rings (SSSR count). The zero-order valence-corrected chi connectivity index (χ0v) is 23.0. The third kappa shape index (κ3) is 11.1. The van der Waals surface area contributed by atoms with Gasteiger partial charge in [-0.15, -0.1) is 0 Å². The Morgan fingerprint density at radius 3 is 2.15 bits per heavy atom. The highest BCUT2D eigenvalue weighted by molar-refractivity contribution is 5.98. The number of nitrogens with one attached hydrogen (secondary N) is 5. The Morgan fingerprint density at radius 1 is 0.902 bits per heavy atom. The van der Waals surface area contributed by atoms with Crippen molar-refractivity contribution in [3.63, 3.8) is 0 Å². The summed E-state index contributed by atoms with van der Waals surface area (Å²) in [6.07, 6.45) is -0.402. The summed E-state index contributed by atoms with van der Waals surface area (Å²) in [5.74, 6) is -5.78. The highest BCUT2D eigenvalue weighted by Gasteiger charge is 2.34. The molecule has 0 aliphatic carbocycles. The van der Waals surface area contributed by atoms with Crippen LogP contribution in [0, 0.1) is 5.92 Å². The number of carbonyl (C=O) groups excluding carboxylic acids is 5. The molecule has 1 aliphatic rings. The first-order chi connectivity index (χ1) is 19.4. The molecular formula is C26H38N8O7. The van der Waals surface area contributed by atoms with Crippen LogP contribution in [-0.4, -0.2) is 83.8 Å². The van der Waals surface area contributed by atoms with Crippen molar-refractivity contribution in [3.8, 4) is 0 Å². The quantitative estimate of drug-likeness (QED) is 0.0879. The van der Waals surface area contributed by atoms with Crippen LogP contribution in [-0.2, 0) is 35.2 Å². The predicted octanol–water partition coefficient (Wildman–Crippen LogP) is -2.52. The maximum atomic E-state index is 13.4. The van der Waals surface area contributed by atoms with Gasteiger partial charge in [0.1, 0.15) is 24.2 Å². The molecule has 1 saturated heterocycles. The maximum absolute atomic E-state index is 13.4. The second-order valence-corrected chi connectivity index (χ2v) is 9.93. The van der Waals surface area contributed by atoms with E-state index in [4.69, 9.17) is 11.5 Å². The van der Waals surface area contributed by atoms with Gasteiger partial charge in [-0.1, -0.05) is 44.2 Å². The number of aliphatic imine (C=N–C) groups is 1. The van der Waals surface area contributed by atoms with Gasteiger partial charge >= 0.3 is 5.97 Å². The monoisotopic (exact) mass is 574 g/mol. The van der Waals surface area contributed by atoms with Gasteiger partial charge in [0.2, 0.25) is 29.5 Å². The van der Waals surface area contributed by atoms with Crippen molar-refractivity contribution in [1.29, 1.82) is 0 Å². The molecule has 1 aliphatic heterocycles. The van der Waals surface area contributed by atoms with Crippen LogP contribution in [0.1, 0.15) is 38.7 Å². The molecule has 1 aromatic carbocycles. The molecule has 0 radical (unpaired) electrons. The third-order valence-corrected chi connectivity index (χ3v) is 6.19. The Morgan fingerprint density at radius 2 is 1.54 bits per heavy atom. The van der Waals surface area contributed by atoms with Crippen LogP contribution in [0.15, 0.2) is 35.3 Å². The largest absolute Gasteiger partial charge is 0.481 e. The van der Waals surface area contributed by atoms with Gasteiger partial charge in [0.15, 0.2) is 5.96 Å². The number of carbonyl (C=O) groups is 6. The van der Waals surface area contributed by atoms with E-state index in [0.717, 1.165) is 5.56 Å². The molecule has 15 nitrogen and oxygen atoms in total. The van der Waals surface area contributed by atoms with Gasteiger partial charge in [-0.05, 0) is 24.3 Å². The summed E-state index contributed by atoms with van der Waals surface area (Å²) in [4.78, 5) is 80.6. The molecule has 4 atom stereocenters. The van der Waals surface area contributed by atoms with Crippen molar-refractivity contribution in [2.24, 2.45) is 22.4 Å². The number of hydrogen-bond acceptors (Lipinski definition) is 7. The van der Waals surface area contributed by atoms with Crippen molar-refractivity contribution >= 4 is 41.5 Å². The minimum absolute atomic E-state index is 0.0329. The van der Waals surface area contributed by atoms with Crippen LogP contribution in [0.3, 0.4) is 0 Å². The predicted molar refractivity (Wildman–Crippen MR) is 148 cm³/mol. The lowest BCUT2D eigenvalue weighted by Crippen LogP contribution is -2.59. The first-order valence-electron chi connectivity index (χ1n) is 13.2. The molecule has 0 spiro atoms. The first kappa shape index (κ1) is 32.5. The first-order valence-corrected chi connectivity index (χ1v) is 13.2. The molecule has 0 unspecified atom stereocenters. The SMILES string of the molecule is CC(C)[C@@H]1NC(=O)[C@H](Cc2ccccc2)NC(=O)CNC(=O)[C@H](CC(=O)O)NC(=O)[C@@H](CCCN=C(N)N)NC1=O. The minimum atomic E-state index is -1.55. The lowest BCUT2D eigenvalue weighted by Gasteiger charge is -2.27. The number of nitrogens with zero attached hydrogens (tertiary/aromatic N) is 1. The summed E-state index contributed by atoms with van der Waals surface area (Å²) in [7, 11) is 0. The summed E-state index contributed by atoms with van der Waals surface area (Å²) in [5.41, 5.74) is 11.4. The Balaban J connectivity index is 2.42. The van der Waals surface area contributed by atoms with Crippen LogP contribution < -0.4 is 38.1 Å². The highest BCUT2D eigenvalue weighted by Crippen LogP contribution is 2.09. The lowest BCUT2D eigenvalue weighted by atomic mass is 10.00. The zero-order valence-electron chi connectivity index (χ0n) is 23.0. The van der Waals surface area contributed by atoms with E-state index >= 15 is 0 Å². The van der Waals surface area contributed by atoms with Crippen molar-refractivity contribution in [2.75, 3.05) is 13.1 Å². The van der Waals surface area contributed by atoms with Crippen molar-refractivity contribution < 1.29 is 33.9 Å². The van der Waals surface area contributed by atoms with Gasteiger partial charge < -0.3 is 43.2 Å². The Hall–Kier alpha value is -4.69. The second-order valence-electron chi connectivity index (χ2n) is 9.93. The fourth-order valence-electron chi connectivity index (χ4n) is 4.07. The van der Waals surface area contributed by atoms with Gasteiger partial charge in [-0.25, -0.2) is 0 Å². The van der Waals surface area contributed by atoms with Gasteiger partial charge in [-0.3, -0.25) is 33.8 Å². The summed E-state index contributed by atoms with van der Waals surface area (Å²) in [6.45, 7) is 2.95. The van der Waals surface area contributed by atoms with E-state index < -0.39 is 78.6 Å². The molecule has 0 bridgehead atoms. The van der Waals surface area contributed by atoms with E-state index in [0.29, 0.717) is 0 Å². The minimum Gasteiger partial charge on any atom is -0.481 e. The lowest BCUT2D eigenvalue weighted by molar-refractivity contribution is -0.141. The van der Waals surface area contributed by atoms with Crippen LogP contribution in [0.5, 0.6) is 0 Å². The number of guanidine groups is 1. The molecule has 5 amide bonds. The Bertz CT molecular complexity index is 1140. The number of carboxylic acid groups (broad SMARTS) is 1. The molecule has 0 saturated carbocycles. The zero-order chi connectivity index (χ0) is 30.5. The van der Waals surface area contributed by atoms with Crippen molar-refractivity contribution in [3.05, 3.63) is 35.9 Å². The van der Waals surface area contributed by atoms with E-state index in [2.05, 4.69) is 31.6 Å². The number of aliphatic carboxylic acids is 1. The maximum Gasteiger partial charge on any atom is 0.305 e. The molecule has 224 valence electrons. The molecule has 15 heteroatoms. The number of amides is 5. The van der Waals surface area contributed by atoms with E-state index in [1.807, 2.05) is 0 Å². The molecular weight excluding hydrogens is 536 g/mol. The normalized spacial score (nSPS) is 22.7. The second kappa shape index (κ2) is 15.8. The topological polar surface area (TPSA) is 247 Å². The summed E-state index contributed by atoms with van der Waals surface area (Å²) in [5, 5.41) is 21.8. The summed E-state index contributed by atoms with van der Waals surface area (Å²) >= 11 is 0. The van der Waals surface area contributed by atoms with Gasteiger partial charge in [0, 0.05) is 13.0 Å². The van der Waals surface area contributed by atoms with Crippen molar-refractivity contribution in [2.45, 2.75) is 63.7 Å². The summed E-state index contributed by atoms with van der Waals surface area (Å²) in [6, 6.07) is 3.91. The third-order valence-electron chi connectivity index (χ3n) is 6.19. The fraction of sp³-hybridized carbons (Fsp3) is 0.500. The molecule has 1 aromatic rings. The van der Waals surface area contributed by atoms with Gasteiger partial charge in [-0.2, -0.15) is 0 Å². The number of rotatable bonds is 9. The average Bonchev–Trinajstić information content (AvgIpc) is 2.90. The van der Waals surface area contributed by atoms with Crippen LogP contribution in [0.25, 0.3) is 0 Å². The Labute approximate surface area is 237 Å². The van der Waals surface area contributed by atoms with E-state index in [1.54, 1.807) is 44.2 Å². The van der Waals surface area contributed by atoms with Gasteiger partial charge in [0.25, 0.3) is 0 Å². The molecule has 1 fully saturated rings. The fourth-order valence-corrected chi connectivity index (χ4v) is 4.07. The number of nitrogens with two attached hydrogens (primary N) is 2. The standard InChI is InChI=1S/C26H38N8O7/c1-14(2)21-25(41)32-16(9-6-10-29-26(27)28)23(39)33-18(12-20(36)37)22(38)30-13-19(35)31-17(24(40)34-21)11-15-7-4-3-5-8-15/h3-5,7-8,14,16-18,21H,6,9-13H2,1-2H3,(H,30,38)(H,31,35)(H,32,41)(H,33,39)(H,34,40)(H,36,37)(H4,27,28,29)/t16-,17+,18+,21+/m1/s1.